The molecule has 1 atom stereocenters. The summed E-state index contributed by atoms with van der Waals surface area (Å²) in [6, 6.07) is 2.21. The molecule has 2 rings (SSSR count). The molecule has 0 saturated carbocycles. The van der Waals surface area contributed by atoms with Gasteiger partial charge in [-0.05, 0) is 19.9 Å². The molecule has 5 nitrogen and oxygen atoms in total. The molecule has 1 unspecified atom stereocenters. The van der Waals surface area contributed by atoms with Crippen molar-refractivity contribution in [1.82, 2.24) is 0 Å². The quantitative estimate of drug-likeness (QED) is 0.460. The maximum absolute atomic E-state index is 13.5. The minimum absolute atomic E-state index is 0.0184. The second-order valence-corrected chi connectivity index (χ2v) is 4.35. The third-order valence-corrected chi connectivity index (χ3v) is 2.62. The number of nitro groups is 1. The predicted octanol–water partition coefficient (Wildman–Crippen LogP) is 2.21. The molecule has 1 saturated heterocycles. The van der Waals surface area contributed by atoms with Crippen LogP contribution in [0, 0.1) is 22.9 Å². The molecule has 1 aromatic rings. The molecular weight excluding hydrogens is 229 g/mol. The van der Waals surface area contributed by atoms with Gasteiger partial charge in [-0.2, -0.15) is 0 Å². The van der Waals surface area contributed by atoms with Gasteiger partial charge in [0.2, 0.25) is 0 Å². The zero-order valence-corrected chi connectivity index (χ0v) is 9.53. The molecule has 0 radical (unpaired) electrons. The fourth-order valence-electron chi connectivity index (χ4n) is 1.39. The van der Waals surface area contributed by atoms with Gasteiger partial charge in [-0.3, -0.25) is 10.1 Å². The lowest BCUT2D eigenvalue weighted by atomic mass is 10.2. The summed E-state index contributed by atoms with van der Waals surface area (Å²) in [7, 11) is 0. The van der Waals surface area contributed by atoms with Crippen molar-refractivity contribution in [2.75, 3.05) is 13.2 Å². The molecule has 1 fully saturated rings. The Kier molecular flexibility index (Phi) is 2.74. The number of aryl methyl sites for hydroxylation is 1. The lowest BCUT2D eigenvalue weighted by Gasteiger charge is -2.10. The maximum Gasteiger partial charge on any atom is 0.275 e. The lowest BCUT2D eigenvalue weighted by Crippen LogP contribution is -2.17. The average Bonchev–Trinajstić information content (AvgIpc) is 2.97. The van der Waals surface area contributed by atoms with Crippen molar-refractivity contribution < 1.29 is 18.8 Å². The van der Waals surface area contributed by atoms with Crippen molar-refractivity contribution in [1.29, 1.82) is 0 Å². The van der Waals surface area contributed by atoms with Gasteiger partial charge in [-0.15, -0.1) is 0 Å². The van der Waals surface area contributed by atoms with Crippen LogP contribution in [0.1, 0.15) is 12.5 Å². The number of nitrogens with zero attached hydrogens (tertiary/aromatic N) is 1. The molecule has 1 aliphatic rings. The van der Waals surface area contributed by atoms with Gasteiger partial charge in [0.15, 0.2) is 11.6 Å². The van der Waals surface area contributed by atoms with Crippen LogP contribution < -0.4 is 4.74 Å². The monoisotopic (exact) mass is 241 g/mol. The van der Waals surface area contributed by atoms with E-state index in [1.807, 2.05) is 6.92 Å². The Hall–Kier alpha value is -1.69. The van der Waals surface area contributed by atoms with Gasteiger partial charge in [0.25, 0.3) is 5.69 Å². The molecule has 0 aromatic heterocycles. The molecule has 0 bridgehead atoms. The number of halogens is 1. The SMILES string of the molecule is Cc1cc(OCC2(C)CO2)c(F)cc1[N+](=O)[O-]. The smallest absolute Gasteiger partial charge is 0.275 e. The summed E-state index contributed by atoms with van der Waals surface area (Å²) in [5, 5.41) is 10.6. The molecule has 0 amide bonds. The fourth-order valence-corrected chi connectivity index (χ4v) is 1.39. The van der Waals surface area contributed by atoms with Gasteiger partial charge in [-0.1, -0.05) is 0 Å². The molecule has 1 aromatic carbocycles. The summed E-state index contributed by atoms with van der Waals surface area (Å²) in [4.78, 5) is 9.97. The number of rotatable bonds is 4. The number of nitro benzene ring substituents is 1. The van der Waals surface area contributed by atoms with E-state index in [0.717, 1.165) is 6.07 Å². The Morgan fingerprint density at radius 3 is 2.82 bits per heavy atom. The van der Waals surface area contributed by atoms with Gasteiger partial charge >= 0.3 is 0 Å². The highest BCUT2D eigenvalue weighted by atomic mass is 19.1. The van der Waals surface area contributed by atoms with Gasteiger partial charge < -0.3 is 9.47 Å². The van der Waals surface area contributed by atoms with Gasteiger partial charge in [0.05, 0.1) is 17.6 Å². The van der Waals surface area contributed by atoms with Gasteiger partial charge in [0, 0.05) is 5.56 Å². The summed E-state index contributed by atoms with van der Waals surface area (Å²) in [6.45, 7) is 4.21. The Morgan fingerprint density at radius 2 is 2.29 bits per heavy atom. The van der Waals surface area contributed by atoms with Crippen molar-refractivity contribution >= 4 is 5.69 Å². The fraction of sp³-hybridized carbons (Fsp3) is 0.455. The number of benzene rings is 1. The molecule has 1 aliphatic heterocycles. The highest BCUT2D eigenvalue weighted by Gasteiger charge is 2.40. The Bertz CT molecular complexity index is 471. The number of hydrogen-bond donors (Lipinski definition) is 0. The first-order valence-corrected chi connectivity index (χ1v) is 5.13. The molecule has 1 heterocycles. The average molecular weight is 241 g/mol. The van der Waals surface area contributed by atoms with Crippen LogP contribution in [-0.4, -0.2) is 23.7 Å². The zero-order valence-electron chi connectivity index (χ0n) is 9.53. The van der Waals surface area contributed by atoms with E-state index in [-0.39, 0.29) is 23.6 Å². The van der Waals surface area contributed by atoms with Crippen molar-refractivity contribution in [3.63, 3.8) is 0 Å². The summed E-state index contributed by atoms with van der Waals surface area (Å²) in [5.41, 5.74) is -0.223. The normalized spacial score (nSPS) is 22.3. The first-order chi connectivity index (χ1) is 7.91. The Morgan fingerprint density at radius 1 is 1.65 bits per heavy atom. The third kappa shape index (κ3) is 2.52. The van der Waals surface area contributed by atoms with Crippen molar-refractivity contribution in [2.45, 2.75) is 19.4 Å². The minimum atomic E-state index is -0.730. The number of hydrogen-bond acceptors (Lipinski definition) is 4. The molecule has 0 N–H and O–H groups in total. The van der Waals surface area contributed by atoms with E-state index in [0.29, 0.717) is 12.2 Å². The van der Waals surface area contributed by atoms with Crippen LogP contribution in [0.15, 0.2) is 12.1 Å². The van der Waals surface area contributed by atoms with E-state index < -0.39 is 10.7 Å². The topological polar surface area (TPSA) is 64.9 Å². The van der Waals surface area contributed by atoms with Crippen LogP contribution >= 0.6 is 0 Å². The molecule has 0 aliphatic carbocycles. The largest absolute Gasteiger partial charge is 0.487 e. The molecule has 0 spiro atoms. The van der Waals surface area contributed by atoms with Crippen molar-refractivity contribution in [2.24, 2.45) is 0 Å². The lowest BCUT2D eigenvalue weighted by molar-refractivity contribution is -0.385. The molecule has 92 valence electrons. The second kappa shape index (κ2) is 3.96. The van der Waals surface area contributed by atoms with Gasteiger partial charge in [0.1, 0.15) is 12.2 Å². The summed E-state index contributed by atoms with van der Waals surface area (Å²) in [6.07, 6.45) is 0. The molecular formula is C11H12FNO4. The summed E-state index contributed by atoms with van der Waals surface area (Å²) < 4.78 is 23.9. The van der Waals surface area contributed by atoms with E-state index in [9.17, 15) is 14.5 Å². The van der Waals surface area contributed by atoms with Crippen LogP contribution in [-0.2, 0) is 4.74 Å². The van der Waals surface area contributed by atoms with Crippen LogP contribution in [0.5, 0.6) is 5.75 Å². The van der Waals surface area contributed by atoms with Crippen LogP contribution in [0.4, 0.5) is 10.1 Å². The summed E-state index contributed by atoms with van der Waals surface area (Å²) >= 11 is 0. The van der Waals surface area contributed by atoms with E-state index in [4.69, 9.17) is 9.47 Å². The highest BCUT2D eigenvalue weighted by molar-refractivity contribution is 5.45. The Balaban J connectivity index is 2.17. The Labute approximate surface area is 97.3 Å². The van der Waals surface area contributed by atoms with Gasteiger partial charge in [-0.25, -0.2) is 4.39 Å². The molecule has 6 heteroatoms. The minimum Gasteiger partial charge on any atom is -0.487 e. The summed E-state index contributed by atoms with van der Waals surface area (Å²) in [5.74, 6) is -0.712. The van der Waals surface area contributed by atoms with E-state index in [1.54, 1.807) is 6.92 Å². The highest BCUT2D eigenvalue weighted by Crippen LogP contribution is 2.30. The predicted molar refractivity (Wildman–Crippen MR) is 57.6 cm³/mol. The molecule has 17 heavy (non-hydrogen) atoms. The third-order valence-electron chi connectivity index (χ3n) is 2.62. The van der Waals surface area contributed by atoms with Crippen LogP contribution in [0.25, 0.3) is 0 Å². The van der Waals surface area contributed by atoms with E-state index in [1.165, 1.54) is 6.07 Å². The van der Waals surface area contributed by atoms with Crippen LogP contribution in [0.2, 0.25) is 0 Å². The number of epoxide rings is 1. The first-order valence-electron chi connectivity index (χ1n) is 5.13. The number of ether oxygens (including phenoxy) is 2. The second-order valence-electron chi connectivity index (χ2n) is 4.35. The first kappa shape index (κ1) is 11.8. The van der Waals surface area contributed by atoms with Crippen molar-refractivity contribution in [3.8, 4) is 5.75 Å². The maximum atomic E-state index is 13.5. The standard InChI is InChI=1S/C11H12FNO4/c1-7-3-10(16-5-11(2)6-17-11)8(12)4-9(7)13(14)15/h3-4H,5-6H2,1-2H3. The van der Waals surface area contributed by atoms with E-state index >= 15 is 0 Å². The van der Waals surface area contributed by atoms with Crippen LogP contribution in [0.3, 0.4) is 0 Å². The van der Waals surface area contributed by atoms with E-state index in [2.05, 4.69) is 0 Å². The van der Waals surface area contributed by atoms with Crippen molar-refractivity contribution in [3.05, 3.63) is 33.6 Å². The zero-order chi connectivity index (χ0) is 12.6.